The molecule has 1 saturated heterocycles. The van der Waals surface area contributed by atoms with Crippen LogP contribution in [0, 0.1) is 5.92 Å². The van der Waals surface area contributed by atoms with Gasteiger partial charge in [-0.1, -0.05) is 12.8 Å². The Morgan fingerprint density at radius 1 is 1.14 bits per heavy atom. The Balaban J connectivity index is 1.71. The molecule has 2 fully saturated rings. The van der Waals surface area contributed by atoms with Gasteiger partial charge >= 0.3 is 0 Å². The van der Waals surface area contributed by atoms with Gasteiger partial charge in [-0.3, -0.25) is 4.79 Å². The van der Waals surface area contributed by atoms with Crippen LogP contribution in [0.3, 0.4) is 0 Å². The molecule has 2 aliphatic rings. The molecule has 1 amide bonds. The Labute approximate surface area is 167 Å². The minimum absolute atomic E-state index is 0.0689. The molecule has 0 unspecified atom stereocenters. The monoisotopic (exact) mass is 410 g/mol. The molecule has 1 aliphatic heterocycles. The average Bonchev–Trinajstić information content (AvgIpc) is 2.73. The van der Waals surface area contributed by atoms with Crippen molar-refractivity contribution in [3.8, 4) is 5.75 Å². The molecule has 3 rings (SSSR count). The maximum absolute atomic E-state index is 13.0. The first-order valence-electron chi connectivity index (χ1n) is 9.93. The maximum atomic E-state index is 13.0. The van der Waals surface area contributed by atoms with E-state index in [0.717, 1.165) is 19.3 Å². The number of aliphatic hydroxyl groups excluding tert-OH is 1. The van der Waals surface area contributed by atoms with E-state index in [1.165, 1.54) is 23.5 Å². The molecule has 1 aromatic rings. The fourth-order valence-electron chi connectivity index (χ4n) is 4.25. The summed E-state index contributed by atoms with van der Waals surface area (Å²) in [5.74, 6) is 0.153. The van der Waals surface area contributed by atoms with E-state index in [-0.39, 0.29) is 29.3 Å². The number of ether oxygens (including phenoxy) is 1. The summed E-state index contributed by atoms with van der Waals surface area (Å²) in [5, 5.41) is 10.2. The average molecular weight is 411 g/mol. The zero-order valence-corrected chi connectivity index (χ0v) is 17.4. The van der Waals surface area contributed by atoms with Crippen LogP contribution in [-0.4, -0.2) is 68.0 Å². The first-order chi connectivity index (χ1) is 13.3. The molecule has 1 saturated carbocycles. The molecule has 0 spiro atoms. The predicted octanol–water partition coefficient (Wildman–Crippen LogP) is 1.86. The van der Waals surface area contributed by atoms with Crippen LogP contribution in [0.5, 0.6) is 5.75 Å². The van der Waals surface area contributed by atoms with Crippen LogP contribution in [0.15, 0.2) is 29.2 Å². The largest absolute Gasteiger partial charge is 0.497 e. The van der Waals surface area contributed by atoms with Crippen molar-refractivity contribution >= 4 is 15.9 Å². The van der Waals surface area contributed by atoms with Gasteiger partial charge in [0.05, 0.1) is 30.1 Å². The highest BCUT2D eigenvalue weighted by Crippen LogP contribution is 2.28. The molecule has 7 nitrogen and oxygen atoms in total. The number of likely N-dealkylation sites (N-methyl/N-ethyl adjacent to an activating group) is 1. The molecular formula is C20H30N2O5S. The summed E-state index contributed by atoms with van der Waals surface area (Å²) in [6.07, 6.45) is 4.31. The quantitative estimate of drug-likeness (QED) is 0.801. The van der Waals surface area contributed by atoms with E-state index in [2.05, 4.69) is 0 Å². The number of piperidine rings is 1. The molecule has 156 valence electrons. The van der Waals surface area contributed by atoms with Crippen molar-refractivity contribution in [3.63, 3.8) is 0 Å². The zero-order valence-electron chi connectivity index (χ0n) is 16.6. The number of amides is 1. The van der Waals surface area contributed by atoms with Crippen LogP contribution in [0.4, 0.5) is 0 Å². The number of rotatable bonds is 5. The van der Waals surface area contributed by atoms with Crippen molar-refractivity contribution in [3.05, 3.63) is 24.3 Å². The number of methoxy groups -OCH3 is 1. The van der Waals surface area contributed by atoms with Crippen LogP contribution in [-0.2, 0) is 14.8 Å². The molecular weight excluding hydrogens is 380 g/mol. The lowest BCUT2D eigenvalue weighted by Gasteiger charge is -2.39. The van der Waals surface area contributed by atoms with Crippen molar-refractivity contribution in [1.29, 1.82) is 0 Å². The number of hydrogen-bond donors (Lipinski definition) is 1. The SMILES string of the molecule is COc1ccc(S(=O)(=O)N2CCC[C@H](C(=O)N(C)[C@@H]3CCCC[C@H]3O)C2)cc1. The van der Waals surface area contributed by atoms with Gasteiger partial charge in [-0.2, -0.15) is 4.31 Å². The van der Waals surface area contributed by atoms with E-state index in [4.69, 9.17) is 4.74 Å². The zero-order chi connectivity index (χ0) is 20.3. The first-order valence-corrected chi connectivity index (χ1v) is 11.4. The lowest BCUT2D eigenvalue weighted by Crippen LogP contribution is -2.51. The molecule has 0 radical (unpaired) electrons. The molecule has 1 N–H and O–H groups in total. The Kier molecular flexibility index (Phi) is 6.62. The van der Waals surface area contributed by atoms with Crippen molar-refractivity contribution < 1.29 is 23.1 Å². The first kappa shape index (κ1) is 21.1. The minimum Gasteiger partial charge on any atom is -0.497 e. The maximum Gasteiger partial charge on any atom is 0.243 e. The van der Waals surface area contributed by atoms with Gasteiger partial charge in [-0.05, 0) is 49.9 Å². The minimum atomic E-state index is -3.66. The second-order valence-corrected chi connectivity index (χ2v) is 9.68. The van der Waals surface area contributed by atoms with E-state index in [1.807, 2.05) is 0 Å². The summed E-state index contributed by atoms with van der Waals surface area (Å²) in [4.78, 5) is 14.9. The molecule has 1 aliphatic carbocycles. The highest BCUT2D eigenvalue weighted by atomic mass is 32.2. The number of benzene rings is 1. The summed E-state index contributed by atoms with van der Waals surface area (Å²) in [6, 6.07) is 6.14. The molecule has 28 heavy (non-hydrogen) atoms. The van der Waals surface area contributed by atoms with Crippen molar-refractivity contribution in [2.24, 2.45) is 5.92 Å². The van der Waals surface area contributed by atoms with Crippen LogP contribution < -0.4 is 4.74 Å². The van der Waals surface area contributed by atoms with E-state index in [9.17, 15) is 18.3 Å². The summed E-state index contributed by atoms with van der Waals surface area (Å²) < 4.78 is 32.5. The summed E-state index contributed by atoms with van der Waals surface area (Å²) in [7, 11) is -0.391. The second kappa shape index (κ2) is 8.80. The molecule has 1 aromatic carbocycles. The molecule has 3 atom stereocenters. The molecule has 1 heterocycles. The second-order valence-electron chi connectivity index (χ2n) is 7.75. The van der Waals surface area contributed by atoms with Crippen LogP contribution in [0.1, 0.15) is 38.5 Å². The Morgan fingerprint density at radius 3 is 2.46 bits per heavy atom. The van der Waals surface area contributed by atoms with E-state index in [1.54, 1.807) is 24.1 Å². The lowest BCUT2D eigenvalue weighted by atomic mass is 9.90. The van der Waals surface area contributed by atoms with E-state index >= 15 is 0 Å². The van der Waals surface area contributed by atoms with Crippen LogP contribution in [0.25, 0.3) is 0 Å². The summed E-state index contributed by atoms with van der Waals surface area (Å²) in [5.41, 5.74) is 0. The van der Waals surface area contributed by atoms with Gasteiger partial charge in [-0.15, -0.1) is 0 Å². The Bertz CT molecular complexity index is 780. The fraction of sp³-hybridized carbons (Fsp3) is 0.650. The van der Waals surface area contributed by atoms with Gasteiger partial charge in [0.2, 0.25) is 15.9 Å². The van der Waals surface area contributed by atoms with E-state index in [0.29, 0.717) is 31.6 Å². The van der Waals surface area contributed by atoms with Crippen LogP contribution >= 0.6 is 0 Å². The lowest BCUT2D eigenvalue weighted by molar-refractivity contribution is -0.140. The van der Waals surface area contributed by atoms with E-state index < -0.39 is 16.1 Å². The van der Waals surface area contributed by atoms with Gasteiger partial charge in [0.1, 0.15) is 5.75 Å². The molecule has 0 aromatic heterocycles. The Hall–Kier alpha value is -1.64. The third-order valence-corrected chi connectivity index (χ3v) is 7.85. The highest BCUT2D eigenvalue weighted by molar-refractivity contribution is 7.89. The van der Waals surface area contributed by atoms with Gasteiger partial charge in [0, 0.05) is 20.1 Å². The third-order valence-electron chi connectivity index (χ3n) is 5.97. The Morgan fingerprint density at radius 2 is 1.82 bits per heavy atom. The number of hydrogen-bond acceptors (Lipinski definition) is 5. The van der Waals surface area contributed by atoms with Crippen molar-refractivity contribution in [2.45, 2.75) is 55.6 Å². The number of carbonyl (C=O) groups excluding carboxylic acids is 1. The van der Waals surface area contributed by atoms with Gasteiger partial charge in [-0.25, -0.2) is 8.42 Å². The summed E-state index contributed by atoms with van der Waals surface area (Å²) >= 11 is 0. The molecule has 0 bridgehead atoms. The number of nitrogens with zero attached hydrogens (tertiary/aromatic N) is 2. The normalized spacial score (nSPS) is 26.6. The van der Waals surface area contributed by atoms with Gasteiger partial charge < -0.3 is 14.7 Å². The predicted molar refractivity (Wildman–Crippen MR) is 106 cm³/mol. The van der Waals surface area contributed by atoms with Crippen molar-refractivity contribution in [2.75, 3.05) is 27.2 Å². The number of carbonyl (C=O) groups is 1. The standard InChI is InChI=1S/C20H30N2O5S/c1-21(18-7-3-4-8-19(18)23)20(24)15-6-5-13-22(14-15)28(25,26)17-11-9-16(27-2)10-12-17/h9-12,15,18-19,23H,3-8,13-14H2,1-2H3/t15-,18+,19+/m0/s1. The van der Waals surface area contributed by atoms with Crippen molar-refractivity contribution in [1.82, 2.24) is 9.21 Å². The third kappa shape index (κ3) is 4.34. The number of sulfonamides is 1. The van der Waals surface area contributed by atoms with Gasteiger partial charge in [0.25, 0.3) is 0 Å². The molecule has 8 heteroatoms. The summed E-state index contributed by atoms with van der Waals surface area (Å²) in [6.45, 7) is 0.592. The van der Waals surface area contributed by atoms with Gasteiger partial charge in [0.15, 0.2) is 0 Å². The smallest absolute Gasteiger partial charge is 0.243 e. The number of aliphatic hydroxyl groups is 1. The topological polar surface area (TPSA) is 87.2 Å². The highest BCUT2D eigenvalue weighted by Gasteiger charge is 2.37. The fourth-order valence-corrected chi connectivity index (χ4v) is 5.78. The van der Waals surface area contributed by atoms with Crippen LogP contribution in [0.2, 0.25) is 0 Å².